The van der Waals surface area contributed by atoms with Crippen molar-refractivity contribution in [3.63, 3.8) is 0 Å². The van der Waals surface area contributed by atoms with Crippen molar-refractivity contribution in [3.05, 3.63) is 0 Å². The first kappa shape index (κ1) is 16.2. The zero-order valence-electron chi connectivity index (χ0n) is 12.8. The van der Waals surface area contributed by atoms with Gasteiger partial charge in [-0.05, 0) is 18.3 Å². The maximum Gasteiger partial charge on any atom is 0.321 e. The second kappa shape index (κ2) is 6.75. The molecule has 1 aliphatic heterocycles. The van der Waals surface area contributed by atoms with Crippen LogP contribution in [0.1, 0.15) is 39.5 Å². The minimum Gasteiger partial charge on any atom is -0.480 e. The summed E-state index contributed by atoms with van der Waals surface area (Å²) >= 11 is 0. The highest BCUT2D eigenvalue weighted by Crippen LogP contribution is 2.29. The molecular formula is C15H26N2O4. The van der Waals surface area contributed by atoms with Gasteiger partial charge in [-0.3, -0.25) is 14.5 Å². The van der Waals surface area contributed by atoms with E-state index < -0.39 is 18.1 Å². The molecule has 2 fully saturated rings. The van der Waals surface area contributed by atoms with Gasteiger partial charge in [-0.15, -0.1) is 0 Å². The van der Waals surface area contributed by atoms with Crippen LogP contribution in [-0.4, -0.2) is 58.3 Å². The standard InChI is InChI=1S/C15H26N2O4/c1-9-4-3-5-12(10(9)2)16-14(19)8-17-7-11(18)6-13(17)15(20)21/h9-13,18H,3-8H2,1-2H3,(H,16,19)(H,20,21). The second-order valence-electron chi connectivity index (χ2n) is 6.61. The number of aliphatic carboxylic acids is 1. The van der Waals surface area contributed by atoms with Gasteiger partial charge in [-0.2, -0.15) is 0 Å². The van der Waals surface area contributed by atoms with Crippen LogP contribution < -0.4 is 5.32 Å². The molecule has 0 aromatic rings. The molecule has 0 aromatic heterocycles. The monoisotopic (exact) mass is 298 g/mol. The van der Waals surface area contributed by atoms with E-state index in [1.54, 1.807) is 4.90 Å². The second-order valence-corrected chi connectivity index (χ2v) is 6.61. The number of aliphatic hydroxyl groups excluding tert-OH is 1. The third-order valence-electron chi connectivity index (χ3n) is 5.07. The highest BCUT2D eigenvalue weighted by Gasteiger charge is 2.37. The molecule has 5 atom stereocenters. The van der Waals surface area contributed by atoms with Crippen LogP contribution in [0.5, 0.6) is 0 Å². The lowest BCUT2D eigenvalue weighted by atomic mass is 9.78. The lowest BCUT2D eigenvalue weighted by molar-refractivity contribution is -0.142. The summed E-state index contributed by atoms with van der Waals surface area (Å²) in [7, 11) is 0. The molecule has 0 radical (unpaired) electrons. The Hall–Kier alpha value is -1.14. The first-order valence-corrected chi connectivity index (χ1v) is 7.82. The van der Waals surface area contributed by atoms with Crippen molar-refractivity contribution in [3.8, 4) is 0 Å². The molecule has 0 spiro atoms. The van der Waals surface area contributed by atoms with Crippen LogP contribution in [0.3, 0.4) is 0 Å². The summed E-state index contributed by atoms with van der Waals surface area (Å²) in [6, 6.07) is -0.578. The van der Waals surface area contributed by atoms with Gasteiger partial charge in [0.25, 0.3) is 0 Å². The van der Waals surface area contributed by atoms with E-state index in [0.717, 1.165) is 12.8 Å². The minimum atomic E-state index is -0.973. The lowest BCUT2D eigenvalue weighted by Gasteiger charge is -2.35. The highest BCUT2D eigenvalue weighted by atomic mass is 16.4. The fourth-order valence-corrected chi connectivity index (χ4v) is 3.53. The normalized spacial score (nSPS) is 37.4. The van der Waals surface area contributed by atoms with E-state index in [1.807, 2.05) is 0 Å². The highest BCUT2D eigenvalue weighted by molar-refractivity contribution is 5.80. The molecule has 120 valence electrons. The molecule has 6 nitrogen and oxygen atoms in total. The first-order valence-electron chi connectivity index (χ1n) is 7.82. The van der Waals surface area contributed by atoms with Gasteiger partial charge in [0.2, 0.25) is 5.91 Å². The predicted octanol–water partition coefficient (Wildman–Crippen LogP) is 0.447. The van der Waals surface area contributed by atoms with Gasteiger partial charge in [-0.1, -0.05) is 26.7 Å². The van der Waals surface area contributed by atoms with E-state index in [9.17, 15) is 14.7 Å². The largest absolute Gasteiger partial charge is 0.480 e. The number of rotatable bonds is 4. The van der Waals surface area contributed by atoms with E-state index in [0.29, 0.717) is 11.8 Å². The van der Waals surface area contributed by atoms with Crippen LogP contribution in [0, 0.1) is 11.8 Å². The van der Waals surface area contributed by atoms with E-state index in [1.165, 1.54) is 6.42 Å². The number of hydrogen-bond acceptors (Lipinski definition) is 4. The topological polar surface area (TPSA) is 89.9 Å². The third-order valence-corrected chi connectivity index (χ3v) is 5.07. The number of likely N-dealkylation sites (tertiary alicyclic amines) is 1. The fourth-order valence-electron chi connectivity index (χ4n) is 3.53. The van der Waals surface area contributed by atoms with Crippen LogP contribution >= 0.6 is 0 Å². The van der Waals surface area contributed by atoms with Crippen LogP contribution in [0.25, 0.3) is 0 Å². The van der Waals surface area contributed by atoms with E-state index >= 15 is 0 Å². The molecule has 1 saturated carbocycles. The molecule has 6 heteroatoms. The van der Waals surface area contributed by atoms with Gasteiger partial charge in [0.15, 0.2) is 0 Å². The minimum absolute atomic E-state index is 0.0472. The summed E-state index contributed by atoms with van der Waals surface area (Å²) in [6.45, 7) is 4.67. The SMILES string of the molecule is CC1CCCC(NC(=O)CN2CC(O)CC2C(=O)O)C1C. The van der Waals surface area contributed by atoms with Crippen molar-refractivity contribution >= 4 is 11.9 Å². The summed E-state index contributed by atoms with van der Waals surface area (Å²) in [5.74, 6) is -0.0631. The number of carboxylic acid groups (broad SMARTS) is 1. The Morgan fingerprint density at radius 3 is 2.67 bits per heavy atom. The molecule has 1 heterocycles. The molecule has 21 heavy (non-hydrogen) atoms. The van der Waals surface area contributed by atoms with Crippen LogP contribution in [0.15, 0.2) is 0 Å². The van der Waals surface area contributed by atoms with Crippen molar-refractivity contribution in [2.24, 2.45) is 11.8 Å². The average Bonchev–Trinajstić information content (AvgIpc) is 2.76. The Morgan fingerprint density at radius 2 is 2.00 bits per heavy atom. The molecule has 2 rings (SSSR count). The molecule has 0 aromatic carbocycles. The lowest BCUT2D eigenvalue weighted by Crippen LogP contribution is -2.49. The Bertz CT molecular complexity index is 401. The molecule has 2 aliphatic rings. The molecule has 5 unspecified atom stereocenters. The van der Waals surface area contributed by atoms with E-state index in [-0.39, 0.29) is 31.5 Å². The molecule has 3 N–H and O–H groups in total. The molecule has 1 saturated heterocycles. The Kier molecular flexibility index (Phi) is 5.22. The Labute approximate surface area is 125 Å². The van der Waals surface area contributed by atoms with E-state index in [2.05, 4.69) is 19.2 Å². The summed E-state index contributed by atoms with van der Waals surface area (Å²) in [4.78, 5) is 24.9. The predicted molar refractivity (Wildman–Crippen MR) is 77.7 cm³/mol. The van der Waals surface area contributed by atoms with Crippen LogP contribution in [0.4, 0.5) is 0 Å². The Balaban J connectivity index is 1.88. The van der Waals surface area contributed by atoms with Gasteiger partial charge in [0.05, 0.1) is 12.6 Å². The maximum absolute atomic E-state index is 12.2. The van der Waals surface area contributed by atoms with Crippen molar-refractivity contribution in [2.45, 2.75) is 57.7 Å². The summed E-state index contributed by atoms with van der Waals surface area (Å²) in [5, 5.41) is 21.8. The number of carboxylic acids is 1. The summed E-state index contributed by atoms with van der Waals surface area (Å²) in [6.07, 6.45) is 2.85. The third kappa shape index (κ3) is 3.95. The first-order chi connectivity index (χ1) is 9.88. The molecule has 0 bridgehead atoms. The zero-order chi connectivity index (χ0) is 15.6. The summed E-state index contributed by atoms with van der Waals surface area (Å²) in [5.41, 5.74) is 0. The van der Waals surface area contributed by atoms with Crippen molar-refractivity contribution in [2.75, 3.05) is 13.1 Å². The number of hydrogen-bond donors (Lipinski definition) is 3. The van der Waals surface area contributed by atoms with Gasteiger partial charge in [0, 0.05) is 19.0 Å². The summed E-state index contributed by atoms with van der Waals surface area (Å²) < 4.78 is 0. The number of carbonyl (C=O) groups is 2. The van der Waals surface area contributed by atoms with Crippen LogP contribution in [-0.2, 0) is 9.59 Å². The maximum atomic E-state index is 12.2. The van der Waals surface area contributed by atoms with Crippen molar-refractivity contribution < 1.29 is 19.8 Å². The number of β-amino-alcohol motifs (C(OH)–C–C–N with tert-alkyl or cyclic N) is 1. The number of aliphatic hydroxyl groups is 1. The Morgan fingerprint density at radius 1 is 1.29 bits per heavy atom. The fraction of sp³-hybridized carbons (Fsp3) is 0.867. The number of nitrogens with zero attached hydrogens (tertiary/aromatic N) is 1. The zero-order valence-corrected chi connectivity index (χ0v) is 12.8. The molecule has 1 amide bonds. The van der Waals surface area contributed by atoms with Crippen molar-refractivity contribution in [1.29, 1.82) is 0 Å². The quantitative estimate of drug-likeness (QED) is 0.701. The molecule has 1 aliphatic carbocycles. The smallest absolute Gasteiger partial charge is 0.321 e. The van der Waals surface area contributed by atoms with E-state index in [4.69, 9.17) is 5.11 Å². The van der Waals surface area contributed by atoms with Gasteiger partial charge < -0.3 is 15.5 Å². The number of carbonyl (C=O) groups excluding carboxylic acids is 1. The van der Waals surface area contributed by atoms with Crippen molar-refractivity contribution in [1.82, 2.24) is 10.2 Å². The van der Waals surface area contributed by atoms with Crippen LogP contribution in [0.2, 0.25) is 0 Å². The average molecular weight is 298 g/mol. The number of amides is 1. The van der Waals surface area contributed by atoms with Gasteiger partial charge in [0.1, 0.15) is 6.04 Å². The van der Waals surface area contributed by atoms with Gasteiger partial charge >= 0.3 is 5.97 Å². The number of nitrogens with one attached hydrogen (secondary N) is 1. The van der Waals surface area contributed by atoms with Gasteiger partial charge in [-0.25, -0.2) is 0 Å². The molecular weight excluding hydrogens is 272 g/mol.